The summed E-state index contributed by atoms with van der Waals surface area (Å²) >= 11 is 12.3. The van der Waals surface area contributed by atoms with Crippen LogP contribution in [0.15, 0.2) is 42.5 Å². The van der Waals surface area contributed by atoms with Crippen LogP contribution in [0.2, 0.25) is 10.0 Å². The summed E-state index contributed by atoms with van der Waals surface area (Å²) in [6, 6.07) is 13.1. The SMILES string of the molecule is Cc1ccc(CN(CCCN2CCOCC2)C(=O)Nc2cc(Cl)ccc2Cl)cc1. The van der Waals surface area contributed by atoms with Gasteiger partial charge < -0.3 is 15.0 Å². The number of ether oxygens (including phenoxy) is 1. The standard InChI is InChI=1S/C22H27Cl2N3O2/c1-17-3-5-18(6-4-17)16-27(10-2-9-26-11-13-29-14-12-26)22(28)25-21-15-19(23)7-8-20(21)24/h3-8,15H,2,9-14,16H2,1H3,(H,25,28). The van der Waals surface area contributed by atoms with Gasteiger partial charge in [-0.25, -0.2) is 4.79 Å². The Morgan fingerprint density at radius 3 is 2.59 bits per heavy atom. The molecule has 156 valence electrons. The number of halogens is 2. The molecule has 1 fully saturated rings. The van der Waals surface area contributed by atoms with Crippen LogP contribution in [0.5, 0.6) is 0 Å². The van der Waals surface area contributed by atoms with E-state index in [-0.39, 0.29) is 6.03 Å². The van der Waals surface area contributed by atoms with E-state index in [9.17, 15) is 4.79 Å². The Kier molecular flexibility index (Phi) is 8.19. The van der Waals surface area contributed by atoms with Crippen LogP contribution in [0.4, 0.5) is 10.5 Å². The van der Waals surface area contributed by atoms with Crippen molar-refractivity contribution in [1.82, 2.24) is 9.80 Å². The number of carbonyl (C=O) groups is 1. The van der Waals surface area contributed by atoms with E-state index >= 15 is 0 Å². The molecule has 7 heteroatoms. The molecule has 2 amide bonds. The summed E-state index contributed by atoms with van der Waals surface area (Å²) in [5.74, 6) is 0. The van der Waals surface area contributed by atoms with Crippen LogP contribution in [0, 0.1) is 6.92 Å². The van der Waals surface area contributed by atoms with Gasteiger partial charge in [-0.1, -0.05) is 53.0 Å². The maximum atomic E-state index is 13.0. The van der Waals surface area contributed by atoms with Crippen molar-refractivity contribution in [1.29, 1.82) is 0 Å². The number of hydrogen-bond donors (Lipinski definition) is 1. The number of urea groups is 1. The molecule has 0 aliphatic carbocycles. The fourth-order valence-electron chi connectivity index (χ4n) is 3.26. The number of nitrogens with one attached hydrogen (secondary N) is 1. The van der Waals surface area contributed by atoms with E-state index in [4.69, 9.17) is 27.9 Å². The zero-order chi connectivity index (χ0) is 20.6. The van der Waals surface area contributed by atoms with Crippen LogP contribution < -0.4 is 5.32 Å². The van der Waals surface area contributed by atoms with E-state index in [1.807, 2.05) is 4.90 Å². The maximum absolute atomic E-state index is 13.0. The molecule has 0 radical (unpaired) electrons. The lowest BCUT2D eigenvalue weighted by atomic mass is 10.1. The molecule has 1 aliphatic rings. The predicted molar refractivity (Wildman–Crippen MR) is 119 cm³/mol. The molecule has 3 rings (SSSR count). The summed E-state index contributed by atoms with van der Waals surface area (Å²) in [5, 5.41) is 3.90. The Morgan fingerprint density at radius 2 is 1.86 bits per heavy atom. The molecule has 0 unspecified atom stereocenters. The van der Waals surface area contributed by atoms with E-state index < -0.39 is 0 Å². The average Bonchev–Trinajstić information content (AvgIpc) is 2.72. The fourth-order valence-corrected chi connectivity index (χ4v) is 3.60. The molecule has 1 heterocycles. The van der Waals surface area contributed by atoms with Crippen LogP contribution >= 0.6 is 23.2 Å². The number of rotatable bonds is 7. The smallest absolute Gasteiger partial charge is 0.322 e. The molecule has 1 N–H and O–H groups in total. The van der Waals surface area contributed by atoms with E-state index in [0.717, 1.165) is 44.8 Å². The summed E-state index contributed by atoms with van der Waals surface area (Å²) in [4.78, 5) is 17.2. The van der Waals surface area contributed by atoms with Crippen molar-refractivity contribution in [2.45, 2.75) is 19.9 Å². The highest BCUT2D eigenvalue weighted by Gasteiger charge is 2.17. The highest BCUT2D eigenvalue weighted by atomic mass is 35.5. The Bertz CT molecular complexity index is 808. The first-order valence-electron chi connectivity index (χ1n) is 9.88. The molecule has 0 atom stereocenters. The van der Waals surface area contributed by atoms with Crippen LogP contribution in [-0.2, 0) is 11.3 Å². The topological polar surface area (TPSA) is 44.8 Å². The van der Waals surface area contributed by atoms with Crippen molar-refractivity contribution < 1.29 is 9.53 Å². The third-order valence-corrected chi connectivity index (χ3v) is 5.52. The van der Waals surface area contributed by atoms with Gasteiger partial charge >= 0.3 is 6.03 Å². The molecule has 29 heavy (non-hydrogen) atoms. The van der Waals surface area contributed by atoms with Gasteiger partial charge in [-0.2, -0.15) is 0 Å². The van der Waals surface area contributed by atoms with E-state index in [1.165, 1.54) is 5.56 Å². The predicted octanol–water partition coefficient (Wildman–Crippen LogP) is 5.06. The first-order valence-corrected chi connectivity index (χ1v) is 10.6. The number of nitrogens with zero attached hydrogens (tertiary/aromatic N) is 2. The first-order chi connectivity index (χ1) is 14.0. The first kappa shape index (κ1) is 21.9. The largest absolute Gasteiger partial charge is 0.379 e. The lowest BCUT2D eigenvalue weighted by Gasteiger charge is -2.28. The summed E-state index contributed by atoms with van der Waals surface area (Å²) in [7, 11) is 0. The lowest BCUT2D eigenvalue weighted by molar-refractivity contribution is 0.0365. The van der Waals surface area contributed by atoms with E-state index in [1.54, 1.807) is 18.2 Å². The van der Waals surface area contributed by atoms with Crippen LogP contribution in [0.25, 0.3) is 0 Å². The molecule has 5 nitrogen and oxygen atoms in total. The molecule has 0 bridgehead atoms. The second-order valence-electron chi connectivity index (χ2n) is 7.27. The van der Waals surface area contributed by atoms with Crippen LogP contribution in [-0.4, -0.2) is 55.2 Å². The summed E-state index contributed by atoms with van der Waals surface area (Å²) in [5.41, 5.74) is 2.81. The van der Waals surface area contributed by atoms with E-state index in [2.05, 4.69) is 41.4 Å². The number of amides is 2. The van der Waals surface area contributed by atoms with Gasteiger partial charge in [0.15, 0.2) is 0 Å². The quantitative estimate of drug-likeness (QED) is 0.660. The Balaban J connectivity index is 1.65. The second-order valence-corrected chi connectivity index (χ2v) is 8.11. The Morgan fingerprint density at radius 1 is 1.14 bits per heavy atom. The van der Waals surface area contributed by atoms with Gasteiger partial charge in [-0.15, -0.1) is 0 Å². The van der Waals surface area contributed by atoms with Gasteiger partial charge in [-0.3, -0.25) is 4.90 Å². The molecule has 2 aromatic carbocycles. The lowest BCUT2D eigenvalue weighted by Crippen LogP contribution is -2.40. The third kappa shape index (κ3) is 6.89. The number of anilines is 1. The molecule has 0 spiro atoms. The second kappa shape index (κ2) is 10.8. The van der Waals surface area contributed by atoms with Gasteiger partial charge in [0.1, 0.15) is 0 Å². The maximum Gasteiger partial charge on any atom is 0.322 e. The van der Waals surface area contributed by atoms with Gasteiger partial charge in [0.2, 0.25) is 0 Å². The molecular weight excluding hydrogens is 409 g/mol. The van der Waals surface area contributed by atoms with Gasteiger partial charge in [0.25, 0.3) is 0 Å². The number of aryl methyl sites for hydroxylation is 1. The average molecular weight is 436 g/mol. The van der Waals surface area contributed by atoms with Crippen LogP contribution in [0.3, 0.4) is 0 Å². The Labute approximate surface area is 182 Å². The number of morpholine rings is 1. The molecule has 1 aliphatic heterocycles. The minimum absolute atomic E-state index is 0.184. The fraction of sp³-hybridized carbons (Fsp3) is 0.409. The molecule has 1 saturated heterocycles. The van der Waals surface area contributed by atoms with Gasteiger partial charge in [0.05, 0.1) is 23.9 Å². The summed E-state index contributed by atoms with van der Waals surface area (Å²) in [6.07, 6.45) is 0.891. The minimum Gasteiger partial charge on any atom is -0.379 e. The number of carbonyl (C=O) groups excluding carboxylic acids is 1. The molecular formula is C22H27Cl2N3O2. The molecule has 2 aromatic rings. The monoisotopic (exact) mass is 435 g/mol. The van der Waals surface area contributed by atoms with Gasteiger partial charge in [0, 0.05) is 37.7 Å². The van der Waals surface area contributed by atoms with Crippen LogP contribution in [0.1, 0.15) is 17.5 Å². The Hall–Kier alpha value is -1.79. The zero-order valence-corrected chi connectivity index (χ0v) is 18.2. The van der Waals surface area contributed by atoms with Gasteiger partial charge in [-0.05, 0) is 37.1 Å². The highest BCUT2D eigenvalue weighted by molar-refractivity contribution is 6.35. The van der Waals surface area contributed by atoms with Crippen molar-refractivity contribution >= 4 is 34.9 Å². The highest BCUT2D eigenvalue weighted by Crippen LogP contribution is 2.26. The minimum atomic E-state index is -0.184. The number of hydrogen-bond acceptors (Lipinski definition) is 3. The third-order valence-electron chi connectivity index (χ3n) is 4.96. The van der Waals surface area contributed by atoms with Crippen molar-refractivity contribution in [2.75, 3.05) is 44.7 Å². The normalized spacial score (nSPS) is 14.6. The zero-order valence-electron chi connectivity index (χ0n) is 16.7. The van der Waals surface area contributed by atoms with Crippen molar-refractivity contribution in [2.24, 2.45) is 0 Å². The summed E-state index contributed by atoms with van der Waals surface area (Å²) in [6.45, 7) is 7.63. The van der Waals surface area contributed by atoms with Crippen molar-refractivity contribution in [3.05, 3.63) is 63.6 Å². The summed E-state index contributed by atoms with van der Waals surface area (Å²) < 4.78 is 5.40. The van der Waals surface area contributed by atoms with Crippen molar-refractivity contribution in [3.8, 4) is 0 Å². The van der Waals surface area contributed by atoms with Crippen molar-refractivity contribution in [3.63, 3.8) is 0 Å². The number of benzene rings is 2. The van der Waals surface area contributed by atoms with E-state index in [0.29, 0.717) is 28.8 Å². The molecule has 0 saturated carbocycles. The molecule has 0 aromatic heterocycles.